The Morgan fingerprint density at radius 1 is 1.12 bits per heavy atom. The molecule has 3 rings (SSSR count). The van der Waals surface area contributed by atoms with Crippen LogP contribution in [0.1, 0.15) is 29.3 Å². The summed E-state index contributed by atoms with van der Waals surface area (Å²) in [5.41, 5.74) is 1.68. The summed E-state index contributed by atoms with van der Waals surface area (Å²) in [6.45, 7) is 1.71. The number of carbonyl (C=O) groups excluding carboxylic acids is 1. The molecular formula is C18H17NO5. The Hall–Kier alpha value is -3.02. The predicted octanol–water partition coefficient (Wildman–Crippen LogP) is 3.76. The fourth-order valence-electron chi connectivity index (χ4n) is 2.31. The van der Waals surface area contributed by atoms with Gasteiger partial charge in [-0.05, 0) is 31.2 Å². The van der Waals surface area contributed by atoms with E-state index in [1.165, 1.54) is 7.11 Å². The Bertz CT molecular complexity index is 838. The fraction of sp³-hybridized carbons (Fsp3) is 0.222. The molecule has 0 aliphatic rings. The first-order valence-corrected chi connectivity index (χ1v) is 7.41. The normalized spacial score (nSPS) is 12.0. The topological polar surface area (TPSA) is 70.8 Å². The minimum atomic E-state index is -0.628. The number of esters is 1. The summed E-state index contributed by atoms with van der Waals surface area (Å²) in [7, 11) is 3.03. The van der Waals surface area contributed by atoms with Gasteiger partial charge >= 0.3 is 5.97 Å². The van der Waals surface area contributed by atoms with Crippen LogP contribution >= 0.6 is 0 Å². The van der Waals surface area contributed by atoms with E-state index >= 15 is 0 Å². The summed E-state index contributed by atoms with van der Waals surface area (Å²) >= 11 is 0. The van der Waals surface area contributed by atoms with Crippen molar-refractivity contribution < 1.29 is 23.4 Å². The SMILES string of the molecule is COc1ccc(C(=O)O[C@@H](C)c2nc3ccccc3o2)c(OC)c1. The van der Waals surface area contributed by atoms with E-state index in [9.17, 15) is 4.79 Å². The number of methoxy groups -OCH3 is 2. The van der Waals surface area contributed by atoms with Gasteiger partial charge in [0, 0.05) is 6.07 Å². The average Bonchev–Trinajstić information content (AvgIpc) is 3.05. The number of ether oxygens (including phenoxy) is 3. The van der Waals surface area contributed by atoms with Crippen molar-refractivity contribution in [2.24, 2.45) is 0 Å². The number of para-hydroxylation sites is 2. The van der Waals surface area contributed by atoms with Gasteiger partial charge in [-0.3, -0.25) is 0 Å². The van der Waals surface area contributed by atoms with E-state index in [1.54, 1.807) is 32.2 Å². The van der Waals surface area contributed by atoms with E-state index in [4.69, 9.17) is 18.6 Å². The van der Waals surface area contributed by atoms with Gasteiger partial charge in [-0.15, -0.1) is 0 Å². The van der Waals surface area contributed by atoms with Crippen LogP contribution in [0, 0.1) is 0 Å². The number of carbonyl (C=O) groups is 1. The maximum atomic E-state index is 12.4. The summed E-state index contributed by atoms with van der Waals surface area (Å²) < 4.78 is 21.4. The summed E-state index contributed by atoms with van der Waals surface area (Å²) in [5, 5.41) is 0. The van der Waals surface area contributed by atoms with Gasteiger partial charge in [0.1, 0.15) is 22.6 Å². The van der Waals surface area contributed by atoms with Crippen molar-refractivity contribution in [3.05, 3.63) is 53.9 Å². The fourth-order valence-corrected chi connectivity index (χ4v) is 2.31. The highest BCUT2D eigenvalue weighted by atomic mass is 16.6. The summed E-state index contributed by atoms with van der Waals surface area (Å²) in [4.78, 5) is 16.7. The number of aromatic nitrogens is 1. The molecule has 0 unspecified atom stereocenters. The first kappa shape index (κ1) is 15.9. The molecule has 6 nitrogen and oxygen atoms in total. The summed E-state index contributed by atoms with van der Waals surface area (Å²) in [6.07, 6.45) is -0.628. The standard InChI is InChI=1S/C18H17NO5/c1-11(17-19-14-6-4-5-7-15(14)24-17)23-18(20)13-9-8-12(21-2)10-16(13)22-3/h4-11H,1-3H3/t11-/m0/s1. The molecule has 1 heterocycles. The number of fused-ring (bicyclic) bond motifs is 1. The van der Waals surface area contributed by atoms with Crippen LogP contribution in [0.5, 0.6) is 11.5 Å². The molecule has 0 fully saturated rings. The zero-order chi connectivity index (χ0) is 17.1. The molecule has 124 valence electrons. The van der Waals surface area contributed by atoms with E-state index in [0.717, 1.165) is 5.52 Å². The number of oxazole rings is 1. The zero-order valence-electron chi connectivity index (χ0n) is 13.6. The van der Waals surface area contributed by atoms with Crippen LogP contribution in [0.15, 0.2) is 46.9 Å². The number of benzene rings is 2. The van der Waals surface area contributed by atoms with Crippen molar-refractivity contribution in [2.75, 3.05) is 14.2 Å². The third-order valence-electron chi connectivity index (χ3n) is 3.57. The molecule has 0 saturated heterocycles. The third-order valence-corrected chi connectivity index (χ3v) is 3.57. The van der Waals surface area contributed by atoms with Crippen LogP contribution in [0.25, 0.3) is 11.1 Å². The van der Waals surface area contributed by atoms with Crippen molar-refractivity contribution in [3.63, 3.8) is 0 Å². The molecule has 0 N–H and O–H groups in total. The van der Waals surface area contributed by atoms with E-state index in [1.807, 2.05) is 24.3 Å². The third kappa shape index (κ3) is 3.03. The summed E-state index contributed by atoms with van der Waals surface area (Å²) in [6, 6.07) is 12.3. The number of rotatable bonds is 5. The molecule has 2 aromatic carbocycles. The smallest absolute Gasteiger partial charge is 0.342 e. The van der Waals surface area contributed by atoms with Gasteiger partial charge in [0.15, 0.2) is 11.7 Å². The Kier molecular flexibility index (Phi) is 4.37. The van der Waals surface area contributed by atoms with Gasteiger partial charge < -0.3 is 18.6 Å². The van der Waals surface area contributed by atoms with Crippen molar-refractivity contribution in [1.82, 2.24) is 4.98 Å². The minimum absolute atomic E-state index is 0.307. The molecule has 1 aromatic heterocycles. The molecule has 0 radical (unpaired) electrons. The Labute approximate surface area is 139 Å². The molecule has 6 heteroatoms. The molecule has 3 aromatic rings. The second-order valence-corrected chi connectivity index (χ2v) is 5.13. The molecule has 0 spiro atoms. The lowest BCUT2D eigenvalue weighted by atomic mass is 10.2. The van der Waals surface area contributed by atoms with Gasteiger partial charge in [0.25, 0.3) is 0 Å². The highest BCUT2D eigenvalue weighted by molar-refractivity contribution is 5.93. The van der Waals surface area contributed by atoms with Crippen molar-refractivity contribution >= 4 is 17.1 Å². The monoisotopic (exact) mass is 327 g/mol. The van der Waals surface area contributed by atoms with E-state index in [2.05, 4.69) is 4.98 Å². The Balaban J connectivity index is 1.81. The first-order valence-electron chi connectivity index (χ1n) is 7.41. The number of hydrogen-bond donors (Lipinski definition) is 0. The van der Waals surface area contributed by atoms with Crippen LogP contribution in [-0.2, 0) is 4.74 Å². The van der Waals surface area contributed by atoms with Crippen LogP contribution in [0.4, 0.5) is 0 Å². The van der Waals surface area contributed by atoms with Crippen LogP contribution < -0.4 is 9.47 Å². The highest BCUT2D eigenvalue weighted by Gasteiger charge is 2.21. The predicted molar refractivity (Wildman–Crippen MR) is 87.4 cm³/mol. The van der Waals surface area contributed by atoms with Crippen molar-refractivity contribution in [3.8, 4) is 11.5 Å². The molecule has 0 amide bonds. The zero-order valence-corrected chi connectivity index (χ0v) is 13.6. The van der Waals surface area contributed by atoms with Gasteiger partial charge in [-0.1, -0.05) is 12.1 Å². The van der Waals surface area contributed by atoms with Crippen LogP contribution in [0.3, 0.4) is 0 Å². The Morgan fingerprint density at radius 2 is 1.92 bits per heavy atom. The van der Waals surface area contributed by atoms with Gasteiger partial charge in [-0.2, -0.15) is 0 Å². The van der Waals surface area contributed by atoms with Crippen molar-refractivity contribution in [2.45, 2.75) is 13.0 Å². The number of nitrogens with zero attached hydrogens (tertiary/aromatic N) is 1. The van der Waals surface area contributed by atoms with Gasteiger partial charge in [0.05, 0.1) is 14.2 Å². The van der Waals surface area contributed by atoms with E-state index in [0.29, 0.717) is 28.5 Å². The molecule has 1 atom stereocenters. The molecular weight excluding hydrogens is 310 g/mol. The van der Waals surface area contributed by atoms with Gasteiger partial charge in [-0.25, -0.2) is 9.78 Å². The molecule has 0 aliphatic heterocycles. The second-order valence-electron chi connectivity index (χ2n) is 5.13. The molecule has 0 saturated carbocycles. The average molecular weight is 327 g/mol. The van der Waals surface area contributed by atoms with Gasteiger partial charge in [0.2, 0.25) is 5.89 Å². The van der Waals surface area contributed by atoms with E-state index in [-0.39, 0.29) is 0 Å². The lowest BCUT2D eigenvalue weighted by molar-refractivity contribution is 0.0279. The maximum absolute atomic E-state index is 12.4. The molecule has 0 aliphatic carbocycles. The maximum Gasteiger partial charge on any atom is 0.342 e. The van der Waals surface area contributed by atoms with Crippen LogP contribution in [0.2, 0.25) is 0 Å². The number of hydrogen-bond acceptors (Lipinski definition) is 6. The Morgan fingerprint density at radius 3 is 2.62 bits per heavy atom. The van der Waals surface area contributed by atoms with Crippen LogP contribution in [-0.4, -0.2) is 25.2 Å². The van der Waals surface area contributed by atoms with Crippen molar-refractivity contribution in [1.29, 1.82) is 0 Å². The minimum Gasteiger partial charge on any atom is -0.497 e. The molecule has 0 bridgehead atoms. The largest absolute Gasteiger partial charge is 0.497 e. The highest BCUT2D eigenvalue weighted by Crippen LogP contribution is 2.28. The summed E-state index contributed by atoms with van der Waals surface area (Å²) in [5.74, 6) is 0.792. The lowest BCUT2D eigenvalue weighted by Crippen LogP contribution is -2.11. The quantitative estimate of drug-likeness (QED) is 0.664. The lowest BCUT2D eigenvalue weighted by Gasteiger charge is -2.13. The van der Waals surface area contributed by atoms with E-state index < -0.39 is 12.1 Å². The molecule has 24 heavy (non-hydrogen) atoms. The second kappa shape index (κ2) is 6.62. The first-order chi connectivity index (χ1) is 11.6.